The standard InChI is InChI=1S/C19H22N2OS/c22-19(12-15-23-18-6-2-1-3-7-18)20-16-8-10-17(11-9-16)21-13-4-5-14-21/h1-3,6-11H,4-5,12-15H2,(H,20,22). The largest absolute Gasteiger partial charge is 0.372 e. The molecule has 1 amide bonds. The van der Waals surface area contributed by atoms with Crippen molar-refractivity contribution in [1.29, 1.82) is 0 Å². The van der Waals surface area contributed by atoms with E-state index in [2.05, 4.69) is 34.5 Å². The molecule has 0 spiro atoms. The predicted molar refractivity (Wildman–Crippen MR) is 98.3 cm³/mol. The first kappa shape index (κ1) is 15.9. The minimum atomic E-state index is 0.0716. The van der Waals surface area contributed by atoms with Crippen LogP contribution in [0.4, 0.5) is 11.4 Å². The lowest BCUT2D eigenvalue weighted by Gasteiger charge is -2.17. The molecular weight excluding hydrogens is 304 g/mol. The van der Waals surface area contributed by atoms with E-state index < -0.39 is 0 Å². The molecule has 0 saturated carbocycles. The predicted octanol–water partition coefficient (Wildman–Crippen LogP) is 4.41. The Labute approximate surface area is 142 Å². The number of carbonyl (C=O) groups excluding carboxylic acids is 1. The Bertz CT molecular complexity index is 622. The van der Waals surface area contributed by atoms with Gasteiger partial charge >= 0.3 is 0 Å². The molecule has 1 N–H and O–H groups in total. The molecule has 3 nitrogen and oxygen atoms in total. The Kier molecular flexibility index (Phi) is 5.59. The second-order valence-corrected chi connectivity index (χ2v) is 6.87. The summed E-state index contributed by atoms with van der Waals surface area (Å²) < 4.78 is 0. The molecule has 1 saturated heterocycles. The van der Waals surface area contributed by atoms with Gasteiger partial charge in [-0.15, -0.1) is 11.8 Å². The van der Waals surface area contributed by atoms with Crippen LogP contribution in [-0.2, 0) is 4.79 Å². The summed E-state index contributed by atoms with van der Waals surface area (Å²) in [6.45, 7) is 2.28. The lowest BCUT2D eigenvalue weighted by molar-refractivity contribution is -0.115. The summed E-state index contributed by atoms with van der Waals surface area (Å²) in [5.41, 5.74) is 2.13. The normalized spacial score (nSPS) is 14.0. The maximum Gasteiger partial charge on any atom is 0.225 e. The van der Waals surface area contributed by atoms with Crippen LogP contribution in [0.2, 0.25) is 0 Å². The minimum Gasteiger partial charge on any atom is -0.372 e. The van der Waals surface area contributed by atoms with Gasteiger partial charge in [-0.25, -0.2) is 0 Å². The molecule has 1 heterocycles. The van der Waals surface area contributed by atoms with Gasteiger partial charge in [0.05, 0.1) is 0 Å². The van der Waals surface area contributed by atoms with Gasteiger partial charge in [0.1, 0.15) is 0 Å². The maximum absolute atomic E-state index is 12.0. The van der Waals surface area contributed by atoms with Gasteiger partial charge in [-0.2, -0.15) is 0 Å². The Hall–Kier alpha value is -1.94. The smallest absolute Gasteiger partial charge is 0.225 e. The fourth-order valence-electron chi connectivity index (χ4n) is 2.73. The van der Waals surface area contributed by atoms with Crippen molar-refractivity contribution in [2.24, 2.45) is 0 Å². The van der Waals surface area contributed by atoms with Gasteiger partial charge in [-0.3, -0.25) is 4.79 Å². The zero-order valence-corrected chi connectivity index (χ0v) is 14.0. The van der Waals surface area contributed by atoms with E-state index in [1.807, 2.05) is 30.3 Å². The number of benzene rings is 2. The van der Waals surface area contributed by atoms with E-state index in [1.165, 1.54) is 23.4 Å². The molecule has 0 unspecified atom stereocenters. The van der Waals surface area contributed by atoms with Gasteiger partial charge in [0.25, 0.3) is 0 Å². The number of anilines is 2. The van der Waals surface area contributed by atoms with Crippen LogP contribution in [0.1, 0.15) is 19.3 Å². The van der Waals surface area contributed by atoms with E-state index in [4.69, 9.17) is 0 Å². The highest BCUT2D eigenvalue weighted by Gasteiger charge is 2.12. The molecule has 1 aliphatic heterocycles. The minimum absolute atomic E-state index is 0.0716. The van der Waals surface area contributed by atoms with Crippen molar-refractivity contribution in [2.45, 2.75) is 24.2 Å². The third-order valence-corrected chi connectivity index (χ3v) is 4.98. The highest BCUT2D eigenvalue weighted by atomic mass is 32.2. The number of thioether (sulfide) groups is 1. The number of nitrogens with one attached hydrogen (secondary N) is 1. The van der Waals surface area contributed by atoms with Gasteiger partial charge in [-0.05, 0) is 49.2 Å². The Morgan fingerprint density at radius 3 is 2.39 bits per heavy atom. The molecule has 4 heteroatoms. The van der Waals surface area contributed by atoms with Gasteiger partial charge in [-0.1, -0.05) is 18.2 Å². The van der Waals surface area contributed by atoms with Crippen molar-refractivity contribution < 1.29 is 4.79 Å². The molecule has 0 radical (unpaired) electrons. The van der Waals surface area contributed by atoms with E-state index in [0.29, 0.717) is 6.42 Å². The molecule has 120 valence electrons. The summed E-state index contributed by atoms with van der Waals surface area (Å²) in [6.07, 6.45) is 3.07. The molecule has 2 aromatic rings. The fourth-order valence-corrected chi connectivity index (χ4v) is 3.61. The molecule has 0 aromatic heterocycles. The number of carbonyl (C=O) groups is 1. The van der Waals surface area contributed by atoms with E-state index in [9.17, 15) is 4.79 Å². The lowest BCUT2D eigenvalue weighted by Crippen LogP contribution is -2.17. The zero-order valence-electron chi connectivity index (χ0n) is 13.2. The monoisotopic (exact) mass is 326 g/mol. The van der Waals surface area contributed by atoms with Crippen molar-refractivity contribution in [1.82, 2.24) is 0 Å². The average molecular weight is 326 g/mol. The highest BCUT2D eigenvalue weighted by Crippen LogP contribution is 2.22. The van der Waals surface area contributed by atoms with Crippen molar-refractivity contribution in [3.63, 3.8) is 0 Å². The number of nitrogens with zero attached hydrogens (tertiary/aromatic N) is 1. The molecule has 23 heavy (non-hydrogen) atoms. The second-order valence-electron chi connectivity index (χ2n) is 5.70. The molecule has 0 bridgehead atoms. The van der Waals surface area contributed by atoms with E-state index in [1.54, 1.807) is 11.8 Å². The van der Waals surface area contributed by atoms with Gasteiger partial charge in [0.15, 0.2) is 0 Å². The van der Waals surface area contributed by atoms with E-state index in [-0.39, 0.29) is 5.91 Å². The zero-order chi connectivity index (χ0) is 15.9. The van der Waals surface area contributed by atoms with Crippen LogP contribution in [0.25, 0.3) is 0 Å². The fraction of sp³-hybridized carbons (Fsp3) is 0.316. The van der Waals surface area contributed by atoms with Crippen LogP contribution in [0.15, 0.2) is 59.5 Å². The highest BCUT2D eigenvalue weighted by molar-refractivity contribution is 7.99. The van der Waals surface area contributed by atoms with Crippen molar-refractivity contribution in [3.05, 3.63) is 54.6 Å². The second kappa shape index (κ2) is 8.06. The summed E-state index contributed by atoms with van der Waals surface area (Å²) >= 11 is 1.71. The Morgan fingerprint density at radius 2 is 1.70 bits per heavy atom. The van der Waals surface area contributed by atoms with Crippen LogP contribution in [0.3, 0.4) is 0 Å². The van der Waals surface area contributed by atoms with Crippen LogP contribution < -0.4 is 10.2 Å². The molecule has 2 aromatic carbocycles. The number of hydrogen-bond donors (Lipinski definition) is 1. The SMILES string of the molecule is O=C(CCSc1ccccc1)Nc1ccc(N2CCCC2)cc1. The summed E-state index contributed by atoms with van der Waals surface area (Å²) in [7, 11) is 0. The first-order valence-electron chi connectivity index (χ1n) is 8.14. The number of hydrogen-bond acceptors (Lipinski definition) is 3. The van der Waals surface area contributed by atoms with Crippen LogP contribution in [0.5, 0.6) is 0 Å². The molecule has 0 atom stereocenters. The summed E-state index contributed by atoms with van der Waals surface area (Å²) in [4.78, 5) is 15.6. The topological polar surface area (TPSA) is 32.3 Å². The summed E-state index contributed by atoms with van der Waals surface area (Å²) in [5.74, 6) is 0.865. The van der Waals surface area contributed by atoms with Gasteiger partial charge < -0.3 is 10.2 Å². The molecular formula is C19H22N2OS. The maximum atomic E-state index is 12.0. The van der Waals surface area contributed by atoms with Gasteiger partial charge in [0.2, 0.25) is 5.91 Å². The van der Waals surface area contributed by atoms with Crippen LogP contribution in [0, 0.1) is 0 Å². The average Bonchev–Trinajstić information content (AvgIpc) is 3.11. The third-order valence-electron chi connectivity index (χ3n) is 3.96. The van der Waals surface area contributed by atoms with Crippen LogP contribution in [-0.4, -0.2) is 24.7 Å². The summed E-state index contributed by atoms with van der Waals surface area (Å²) in [5, 5.41) is 2.98. The molecule has 0 aliphatic carbocycles. The first-order valence-corrected chi connectivity index (χ1v) is 9.12. The van der Waals surface area contributed by atoms with Gasteiger partial charge in [0, 0.05) is 41.5 Å². The lowest BCUT2D eigenvalue weighted by atomic mass is 10.2. The number of amides is 1. The van der Waals surface area contributed by atoms with Crippen molar-refractivity contribution in [2.75, 3.05) is 29.1 Å². The van der Waals surface area contributed by atoms with E-state index in [0.717, 1.165) is 24.5 Å². The van der Waals surface area contributed by atoms with Crippen molar-refractivity contribution in [3.8, 4) is 0 Å². The van der Waals surface area contributed by atoms with Crippen molar-refractivity contribution >= 4 is 29.0 Å². The Balaban J connectivity index is 1.44. The number of rotatable bonds is 6. The third kappa shape index (κ3) is 4.76. The van der Waals surface area contributed by atoms with E-state index >= 15 is 0 Å². The molecule has 3 rings (SSSR count). The molecule has 1 aliphatic rings. The summed E-state index contributed by atoms with van der Waals surface area (Å²) in [6, 6.07) is 18.4. The Morgan fingerprint density at radius 1 is 1.00 bits per heavy atom. The first-order chi connectivity index (χ1) is 11.3. The quantitative estimate of drug-likeness (QED) is 0.798. The van der Waals surface area contributed by atoms with Crippen LogP contribution >= 0.6 is 11.8 Å². The molecule has 1 fully saturated rings.